The molecule has 6 rings (SSSR count). The van der Waals surface area contributed by atoms with E-state index in [0.717, 1.165) is 54.5 Å². The highest BCUT2D eigenvalue weighted by molar-refractivity contribution is 6.33. The van der Waals surface area contributed by atoms with Crippen LogP contribution in [-0.2, 0) is 33.8 Å². The van der Waals surface area contributed by atoms with E-state index in [1.165, 1.54) is 6.07 Å². The maximum Gasteiger partial charge on any atom is 0.410 e. The number of pyridine rings is 1. The topological polar surface area (TPSA) is 107 Å². The number of carbonyl (C=O) groups excluding carboxylic acids is 2. The fourth-order valence-corrected chi connectivity index (χ4v) is 6.67. The van der Waals surface area contributed by atoms with Gasteiger partial charge in [0.25, 0.3) is 5.91 Å². The van der Waals surface area contributed by atoms with E-state index in [2.05, 4.69) is 16.2 Å². The molecule has 2 aliphatic rings. The molecule has 0 N–H and O–H groups in total. The van der Waals surface area contributed by atoms with Gasteiger partial charge >= 0.3 is 6.09 Å². The van der Waals surface area contributed by atoms with Gasteiger partial charge in [-0.25, -0.2) is 18.6 Å². The molecule has 0 bridgehead atoms. The van der Waals surface area contributed by atoms with E-state index in [4.69, 9.17) is 41.9 Å². The highest BCUT2D eigenvalue weighted by Gasteiger charge is 2.38. The minimum absolute atomic E-state index is 0.0260. The molecule has 2 amide bonds. The van der Waals surface area contributed by atoms with Crippen LogP contribution in [0.15, 0.2) is 64.8 Å². The number of ether oxygens (including phenoxy) is 3. The van der Waals surface area contributed by atoms with E-state index >= 15 is 0 Å². The van der Waals surface area contributed by atoms with E-state index in [9.17, 15) is 18.4 Å². The molecule has 3 heterocycles. The zero-order chi connectivity index (χ0) is 38.6. The number of methoxy groups -OCH3 is 1. The first-order valence-electron chi connectivity index (χ1n) is 17.8. The van der Waals surface area contributed by atoms with Gasteiger partial charge in [-0.1, -0.05) is 40.5 Å². The van der Waals surface area contributed by atoms with Gasteiger partial charge in [0.15, 0.2) is 12.4 Å². The molecule has 2 aromatic carbocycles. The van der Waals surface area contributed by atoms with Crippen LogP contribution in [0.1, 0.15) is 68.9 Å². The Balaban J connectivity index is 1.23. The van der Waals surface area contributed by atoms with Crippen molar-refractivity contribution in [1.82, 2.24) is 19.9 Å². The van der Waals surface area contributed by atoms with Crippen LogP contribution in [0.25, 0.3) is 16.8 Å². The Kier molecular flexibility index (Phi) is 12.2. The summed E-state index contributed by atoms with van der Waals surface area (Å²) in [4.78, 5) is 35.8. The number of benzene rings is 2. The van der Waals surface area contributed by atoms with Crippen LogP contribution in [0.5, 0.6) is 5.88 Å². The van der Waals surface area contributed by atoms with Crippen molar-refractivity contribution < 1.29 is 37.1 Å². The van der Waals surface area contributed by atoms with Gasteiger partial charge in [-0.2, -0.15) is 0 Å². The number of aromatic nitrogens is 2. The average molecular weight is 784 g/mol. The molecule has 10 nitrogen and oxygen atoms in total. The molecule has 0 saturated heterocycles. The Morgan fingerprint density at radius 3 is 2.54 bits per heavy atom. The lowest BCUT2D eigenvalue weighted by atomic mass is 9.93. The normalized spacial score (nSPS) is 14.7. The van der Waals surface area contributed by atoms with Crippen LogP contribution < -0.4 is 4.74 Å². The van der Waals surface area contributed by atoms with Crippen molar-refractivity contribution in [2.75, 3.05) is 26.8 Å². The molecule has 1 aliphatic carbocycles. The van der Waals surface area contributed by atoms with Crippen molar-refractivity contribution in [3.8, 4) is 17.1 Å². The van der Waals surface area contributed by atoms with Crippen LogP contribution in [-0.4, -0.2) is 70.4 Å². The largest absolute Gasteiger partial charge is 0.469 e. The van der Waals surface area contributed by atoms with Gasteiger partial charge in [-0.15, -0.1) is 0 Å². The molecule has 14 heteroatoms. The van der Waals surface area contributed by atoms with Crippen molar-refractivity contribution >= 4 is 40.8 Å². The third-order valence-electron chi connectivity index (χ3n) is 9.07. The molecular weight excluding hydrogens is 741 g/mol. The van der Waals surface area contributed by atoms with Gasteiger partial charge < -0.3 is 28.5 Å². The summed E-state index contributed by atoms with van der Waals surface area (Å²) in [5.41, 5.74) is 3.06. The minimum atomic E-state index is -0.780. The molecule has 2 aromatic heterocycles. The number of hydrogen-bond acceptors (Lipinski definition) is 8. The predicted octanol–water partition coefficient (Wildman–Crippen LogP) is 9.07. The summed E-state index contributed by atoms with van der Waals surface area (Å²) in [5, 5.41) is 4.01. The van der Waals surface area contributed by atoms with E-state index in [1.807, 2.05) is 23.1 Å². The first kappa shape index (κ1) is 39.2. The summed E-state index contributed by atoms with van der Waals surface area (Å²) < 4.78 is 50.3. The molecule has 0 unspecified atom stereocenters. The minimum Gasteiger partial charge on any atom is -0.469 e. The van der Waals surface area contributed by atoms with Gasteiger partial charge in [-0.05, 0) is 99.4 Å². The molecule has 1 saturated carbocycles. The van der Waals surface area contributed by atoms with Crippen molar-refractivity contribution in [1.29, 1.82) is 0 Å². The molecule has 0 radical (unpaired) electrons. The molecular formula is C40H42Cl2F2N4O6. The molecule has 1 aliphatic heterocycles. The van der Waals surface area contributed by atoms with Crippen molar-refractivity contribution in [2.45, 2.75) is 77.7 Å². The van der Waals surface area contributed by atoms with Crippen LogP contribution in [0, 0.1) is 11.6 Å². The van der Waals surface area contributed by atoms with Crippen LogP contribution >= 0.6 is 23.2 Å². The lowest BCUT2D eigenvalue weighted by molar-refractivity contribution is -0.128. The number of aryl methyl sites for hydroxylation is 1. The van der Waals surface area contributed by atoms with E-state index in [0.29, 0.717) is 42.3 Å². The molecule has 286 valence electrons. The number of amides is 2. The Morgan fingerprint density at radius 2 is 1.83 bits per heavy atom. The molecule has 0 spiro atoms. The highest BCUT2D eigenvalue weighted by Crippen LogP contribution is 2.36. The molecule has 1 fully saturated rings. The van der Waals surface area contributed by atoms with Crippen molar-refractivity contribution in [3.05, 3.63) is 104 Å². The predicted molar refractivity (Wildman–Crippen MR) is 200 cm³/mol. The zero-order valence-electron chi connectivity index (χ0n) is 30.6. The second-order valence-corrected chi connectivity index (χ2v) is 15.2. The van der Waals surface area contributed by atoms with Crippen molar-refractivity contribution in [3.63, 3.8) is 0 Å². The number of carbonyl (C=O) groups is 2. The third kappa shape index (κ3) is 9.58. The van der Waals surface area contributed by atoms with E-state index in [1.54, 1.807) is 45.0 Å². The van der Waals surface area contributed by atoms with E-state index in [-0.39, 0.29) is 48.0 Å². The molecule has 0 atom stereocenters. The summed E-state index contributed by atoms with van der Waals surface area (Å²) in [7, 11) is 1.68. The van der Waals surface area contributed by atoms with Crippen LogP contribution in [0.2, 0.25) is 10.0 Å². The quantitative estimate of drug-likeness (QED) is 0.0977. The third-order valence-corrected chi connectivity index (χ3v) is 9.81. The Hall–Kier alpha value is -4.52. The summed E-state index contributed by atoms with van der Waals surface area (Å²) in [6, 6.07) is 12.8. The number of nitrogens with zero attached hydrogens (tertiary/aromatic N) is 4. The zero-order valence-corrected chi connectivity index (χ0v) is 32.1. The summed E-state index contributed by atoms with van der Waals surface area (Å²) in [5.74, 6) is -1.20. The summed E-state index contributed by atoms with van der Waals surface area (Å²) >= 11 is 12.7. The molecule has 4 aromatic rings. The van der Waals surface area contributed by atoms with Gasteiger partial charge in [-0.3, -0.25) is 4.79 Å². The number of hydrogen-bond donors (Lipinski definition) is 0. The standard InChI is InChI=1S/C40H42Cl2F2N4O6/c1-40(2,3)53-39(50)47-16-15-29(30(22-47)38(49)48(27-9-10-27)21-26-18-24(6-5-17-51-4)7-11-31(26)41)25-8-14-35(45-20-25)52-23-28-19-34(46-54-28)36-32(43)12-13-33(44)37(36)42/h7-8,11-14,18-20,27H,5-6,9-10,15-17,21-23H2,1-4H3. The van der Waals surface area contributed by atoms with Gasteiger partial charge in [0.05, 0.1) is 17.1 Å². The maximum absolute atomic E-state index is 14.6. The fourth-order valence-electron chi connectivity index (χ4n) is 6.25. The van der Waals surface area contributed by atoms with Crippen molar-refractivity contribution in [2.24, 2.45) is 0 Å². The van der Waals surface area contributed by atoms with Gasteiger partial charge in [0, 0.05) is 61.8 Å². The molecule has 54 heavy (non-hydrogen) atoms. The monoisotopic (exact) mass is 782 g/mol. The Bertz CT molecular complexity index is 2030. The first-order chi connectivity index (χ1) is 25.8. The number of halogens is 4. The second-order valence-electron chi connectivity index (χ2n) is 14.4. The smallest absolute Gasteiger partial charge is 0.410 e. The summed E-state index contributed by atoms with van der Waals surface area (Å²) in [6.45, 7) is 6.71. The number of rotatable bonds is 13. The van der Waals surface area contributed by atoms with Crippen LogP contribution in [0.4, 0.5) is 13.6 Å². The lowest BCUT2D eigenvalue weighted by Gasteiger charge is -2.34. The lowest BCUT2D eigenvalue weighted by Crippen LogP contribution is -2.44. The second kappa shape index (κ2) is 16.9. The Labute approximate surface area is 323 Å². The average Bonchev–Trinajstić information content (AvgIpc) is 3.88. The fraction of sp³-hybridized carbons (Fsp3) is 0.400. The maximum atomic E-state index is 14.6. The van der Waals surface area contributed by atoms with Crippen LogP contribution in [0.3, 0.4) is 0 Å². The first-order valence-corrected chi connectivity index (χ1v) is 18.5. The van der Waals surface area contributed by atoms with Gasteiger partial charge in [0.2, 0.25) is 5.88 Å². The van der Waals surface area contributed by atoms with E-state index < -0.39 is 28.4 Å². The summed E-state index contributed by atoms with van der Waals surface area (Å²) in [6.07, 6.45) is 4.97. The highest BCUT2D eigenvalue weighted by atomic mass is 35.5. The van der Waals surface area contributed by atoms with Gasteiger partial charge in [0.1, 0.15) is 22.9 Å². The Morgan fingerprint density at radius 1 is 1.06 bits per heavy atom. The SMILES string of the molecule is COCCCc1ccc(Cl)c(CN(C(=O)C2=C(c3ccc(OCc4cc(-c5c(F)ccc(F)c5Cl)no4)nc3)CCN(C(=O)OC(C)(C)C)C2)C2CC2)c1.